The smallest absolute Gasteiger partial charge is 0.306 e. The van der Waals surface area contributed by atoms with Gasteiger partial charge in [-0.1, -0.05) is 20.8 Å². The predicted molar refractivity (Wildman–Crippen MR) is 78.1 cm³/mol. The molecular weight excluding hydrogens is 266 g/mol. The van der Waals surface area contributed by atoms with Crippen LogP contribution in [-0.2, 0) is 21.7 Å². The van der Waals surface area contributed by atoms with Gasteiger partial charge in [-0.2, -0.15) is 0 Å². The highest BCUT2D eigenvalue weighted by Gasteiger charge is 2.12. The fourth-order valence-electron chi connectivity index (χ4n) is 1.27. The lowest BCUT2D eigenvalue weighted by Crippen LogP contribution is -2.07. The number of aryl methyl sites for hydroxylation is 1. The standard InChI is InChI=1S/C13H21NO2S2/c1-5-16-12(15)7-6-10-8-17-11(14-10)9-18-13(2,3)4/h8H,5-7,9H2,1-4H3. The molecule has 0 saturated carbocycles. The van der Waals surface area contributed by atoms with Crippen molar-refractivity contribution in [1.29, 1.82) is 0 Å². The summed E-state index contributed by atoms with van der Waals surface area (Å²) in [5.74, 6) is 0.796. The van der Waals surface area contributed by atoms with E-state index in [-0.39, 0.29) is 10.7 Å². The van der Waals surface area contributed by atoms with Gasteiger partial charge in [0.05, 0.1) is 18.7 Å². The molecule has 0 saturated heterocycles. The van der Waals surface area contributed by atoms with E-state index in [1.807, 2.05) is 24.1 Å². The van der Waals surface area contributed by atoms with Crippen molar-refractivity contribution in [2.24, 2.45) is 0 Å². The van der Waals surface area contributed by atoms with E-state index >= 15 is 0 Å². The largest absolute Gasteiger partial charge is 0.466 e. The first-order valence-corrected chi connectivity index (χ1v) is 8.00. The molecule has 102 valence electrons. The highest BCUT2D eigenvalue weighted by Crippen LogP contribution is 2.28. The second kappa shape index (κ2) is 7.14. The third-order valence-corrected chi connectivity index (χ3v) is 4.48. The van der Waals surface area contributed by atoms with Gasteiger partial charge in [0.25, 0.3) is 0 Å². The Kier molecular flexibility index (Phi) is 6.15. The van der Waals surface area contributed by atoms with E-state index in [4.69, 9.17) is 4.74 Å². The molecule has 0 aliphatic carbocycles. The monoisotopic (exact) mass is 287 g/mol. The van der Waals surface area contributed by atoms with E-state index in [1.54, 1.807) is 11.3 Å². The summed E-state index contributed by atoms with van der Waals surface area (Å²) in [6, 6.07) is 0. The summed E-state index contributed by atoms with van der Waals surface area (Å²) in [6.07, 6.45) is 1.10. The van der Waals surface area contributed by atoms with Gasteiger partial charge >= 0.3 is 5.97 Å². The van der Waals surface area contributed by atoms with E-state index < -0.39 is 0 Å². The first kappa shape index (κ1) is 15.5. The summed E-state index contributed by atoms with van der Waals surface area (Å²) in [6.45, 7) is 8.87. The van der Waals surface area contributed by atoms with Crippen LogP contribution in [0.15, 0.2) is 5.38 Å². The lowest BCUT2D eigenvalue weighted by atomic mass is 10.2. The van der Waals surface area contributed by atoms with Crippen LogP contribution < -0.4 is 0 Å². The molecule has 18 heavy (non-hydrogen) atoms. The molecule has 0 aromatic carbocycles. The Morgan fingerprint density at radius 1 is 1.50 bits per heavy atom. The highest BCUT2D eigenvalue weighted by molar-refractivity contribution is 7.99. The molecule has 0 unspecified atom stereocenters. The van der Waals surface area contributed by atoms with Gasteiger partial charge in [0, 0.05) is 22.3 Å². The summed E-state index contributed by atoms with van der Waals surface area (Å²) in [5.41, 5.74) is 0.998. The highest BCUT2D eigenvalue weighted by atomic mass is 32.2. The molecule has 0 aliphatic rings. The number of carbonyl (C=O) groups is 1. The SMILES string of the molecule is CCOC(=O)CCc1csc(CSC(C)(C)C)n1. The zero-order chi connectivity index (χ0) is 13.6. The topological polar surface area (TPSA) is 39.2 Å². The average molecular weight is 287 g/mol. The third kappa shape index (κ3) is 6.40. The van der Waals surface area contributed by atoms with E-state index in [1.165, 1.54) is 0 Å². The first-order chi connectivity index (χ1) is 8.40. The summed E-state index contributed by atoms with van der Waals surface area (Å²) in [5, 5.41) is 3.17. The van der Waals surface area contributed by atoms with Gasteiger partial charge < -0.3 is 4.74 Å². The summed E-state index contributed by atoms with van der Waals surface area (Å²) in [7, 11) is 0. The molecule has 0 amide bonds. The Bertz CT molecular complexity index is 383. The molecule has 0 aliphatic heterocycles. The van der Waals surface area contributed by atoms with Crippen LogP contribution in [0, 0.1) is 0 Å². The molecule has 1 aromatic heterocycles. The quantitative estimate of drug-likeness (QED) is 0.748. The maximum absolute atomic E-state index is 11.2. The van der Waals surface area contributed by atoms with E-state index in [0.717, 1.165) is 16.5 Å². The zero-order valence-electron chi connectivity index (χ0n) is 11.5. The van der Waals surface area contributed by atoms with Crippen LogP contribution in [0.1, 0.15) is 44.8 Å². The minimum atomic E-state index is -0.142. The van der Waals surface area contributed by atoms with Crippen molar-refractivity contribution in [2.75, 3.05) is 6.61 Å². The van der Waals surface area contributed by atoms with Crippen LogP contribution in [0.4, 0.5) is 0 Å². The molecular formula is C13H21NO2S2. The molecule has 0 fully saturated rings. The number of esters is 1. The molecule has 0 spiro atoms. The summed E-state index contributed by atoms with van der Waals surface area (Å²) in [4.78, 5) is 15.8. The molecule has 0 radical (unpaired) electrons. The Balaban J connectivity index is 2.36. The third-order valence-electron chi connectivity index (χ3n) is 2.12. The zero-order valence-corrected chi connectivity index (χ0v) is 13.1. The number of hydrogen-bond acceptors (Lipinski definition) is 5. The van der Waals surface area contributed by atoms with Gasteiger partial charge in [-0.25, -0.2) is 4.98 Å². The molecule has 0 atom stereocenters. The fraction of sp³-hybridized carbons (Fsp3) is 0.692. The van der Waals surface area contributed by atoms with Crippen molar-refractivity contribution >= 4 is 29.1 Å². The van der Waals surface area contributed by atoms with E-state index in [9.17, 15) is 4.79 Å². The minimum Gasteiger partial charge on any atom is -0.466 e. The average Bonchev–Trinajstić information content (AvgIpc) is 2.71. The lowest BCUT2D eigenvalue weighted by molar-refractivity contribution is -0.143. The van der Waals surface area contributed by atoms with E-state index in [2.05, 4.69) is 25.8 Å². The molecule has 0 N–H and O–H groups in total. The van der Waals surface area contributed by atoms with Crippen molar-refractivity contribution in [3.05, 3.63) is 16.1 Å². The first-order valence-electron chi connectivity index (χ1n) is 6.13. The Morgan fingerprint density at radius 2 is 2.22 bits per heavy atom. The van der Waals surface area contributed by atoms with Crippen molar-refractivity contribution in [2.45, 2.75) is 51.0 Å². The maximum Gasteiger partial charge on any atom is 0.306 e. The molecule has 5 heteroatoms. The number of aromatic nitrogens is 1. The van der Waals surface area contributed by atoms with Gasteiger partial charge in [-0.15, -0.1) is 23.1 Å². The van der Waals surface area contributed by atoms with Crippen molar-refractivity contribution in [1.82, 2.24) is 4.98 Å². The fourth-order valence-corrected chi connectivity index (χ4v) is 2.95. The van der Waals surface area contributed by atoms with Gasteiger partial charge in [-0.3, -0.25) is 4.79 Å². The van der Waals surface area contributed by atoms with Gasteiger partial charge in [0.15, 0.2) is 0 Å². The maximum atomic E-state index is 11.2. The Hall–Kier alpha value is -0.550. The van der Waals surface area contributed by atoms with Crippen LogP contribution in [0.3, 0.4) is 0 Å². The van der Waals surface area contributed by atoms with Crippen LogP contribution in [0.5, 0.6) is 0 Å². The number of thioether (sulfide) groups is 1. The number of carbonyl (C=O) groups excluding carboxylic acids is 1. The van der Waals surface area contributed by atoms with Gasteiger partial charge in [-0.05, 0) is 6.92 Å². The molecule has 1 heterocycles. The van der Waals surface area contributed by atoms with E-state index in [0.29, 0.717) is 19.4 Å². The van der Waals surface area contributed by atoms with Gasteiger partial charge in [0.1, 0.15) is 5.01 Å². The number of nitrogens with zero attached hydrogens (tertiary/aromatic N) is 1. The van der Waals surface area contributed by atoms with Crippen LogP contribution in [-0.4, -0.2) is 22.3 Å². The van der Waals surface area contributed by atoms with Crippen molar-refractivity contribution in [3.8, 4) is 0 Å². The number of ether oxygens (including phenoxy) is 1. The number of rotatable bonds is 6. The van der Waals surface area contributed by atoms with Crippen LogP contribution in [0.25, 0.3) is 0 Å². The molecule has 1 aromatic rings. The summed E-state index contributed by atoms with van der Waals surface area (Å²) >= 11 is 3.56. The Labute approximate surface area is 117 Å². The van der Waals surface area contributed by atoms with Crippen LogP contribution >= 0.6 is 23.1 Å². The minimum absolute atomic E-state index is 0.142. The van der Waals surface area contributed by atoms with Crippen molar-refractivity contribution < 1.29 is 9.53 Å². The number of thiazole rings is 1. The predicted octanol–water partition coefficient (Wildman–Crippen LogP) is 3.67. The molecule has 1 rings (SSSR count). The Morgan fingerprint density at radius 3 is 2.83 bits per heavy atom. The normalized spacial score (nSPS) is 11.6. The van der Waals surface area contributed by atoms with Crippen LogP contribution in [0.2, 0.25) is 0 Å². The number of hydrogen-bond donors (Lipinski definition) is 0. The second-order valence-corrected chi connectivity index (χ2v) is 7.68. The molecule has 3 nitrogen and oxygen atoms in total. The van der Waals surface area contributed by atoms with Gasteiger partial charge in [0.2, 0.25) is 0 Å². The lowest BCUT2D eigenvalue weighted by Gasteiger charge is -2.16. The molecule has 0 bridgehead atoms. The second-order valence-electron chi connectivity index (χ2n) is 4.94. The summed E-state index contributed by atoms with van der Waals surface area (Å²) < 4.78 is 5.16. The van der Waals surface area contributed by atoms with Crippen molar-refractivity contribution in [3.63, 3.8) is 0 Å².